The number of carbonyl (C=O) groups excluding carboxylic acids is 1. The number of aromatic nitrogens is 3. The number of pyridine rings is 1. The molecule has 1 amide bonds. The van der Waals surface area contributed by atoms with Crippen molar-refractivity contribution in [1.82, 2.24) is 14.8 Å². The van der Waals surface area contributed by atoms with E-state index in [-0.39, 0.29) is 40.6 Å². The fourth-order valence-corrected chi connectivity index (χ4v) is 4.53. The maximum Gasteiger partial charge on any atom is 0.273 e. The van der Waals surface area contributed by atoms with E-state index >= 15 is 0 Å². The fourth-order valence-electron chi connectivity index (χ4n) is 3.59. The number of nitrogens with two attached hydrogens (primary N) is 1. The molecule has 9 nitrogen and oxygen atoms in total. The first-order valence-corrected chi connectivity index (χ1v) is 11.9. The van der Waals surface area contributed by atoms with Crippen molar-refractivity contribution >= 4 is 29.3 Å². The highest BCUT2D eigenvalue weighted by Crippen LogP contribution is 2.35. The number of nitrogen functional groups attached to an aromatic ring is 1. The van der Waals surface area contributed by atoms with E-state index in [1.165, 1.54) is 22.5 Å². The van der Waals surface area contributed by atoms with E-state index in [1.807, 2.05) is 49.4 Å². The SMILES string of the molecule is Cc1ccc(-c2c(C#N)c(N)nc(SCCC(=O)Nc3cc(=O)n(-c4ccccc4)[nH]3)c2C#N)cc1. The summed E-state index contributed by atoms with van der Waals surface area (Å²) in [5.74, 6) is 0.288. The van der Waals surface area contributed by atoms with Gasteiger partial charge in [-0.25, -0.2) is 9.67 Å². The predicted octanol–water partition coefficient (Wildman–Crippen LogP) is 3.98. The monoisotopic (exact) mass is 495 g/mol. The topological polar surface area (TPSA) is 153 Å². The molecule has 4 N–H and O–H groups in total. The number of nitrogens with zero attached hydrogens (tertiary/aromatic N) is 4. The predicted molar refractivity (Wildman–Crippen MR) is 139 cm³/mol. The van der Waals surface area contributed by atoms with Crippen LogP contribution in [0.3, 0.4) is 0 Å². The van der Waals surface area contributed by atoms with E-state index in [1.54, 1.807) is 12.1 Å². The van der Waals surface area contributed by atoms with Crippen LogP contribution in [0.1, 0.15) is 23.1 Å². The van der Waals surface area contributed by atoms with Gasteiger partial charge < -0.3 is 11.1 Å². The molecule has 0 fully saturated rings. The lowest BCUT2D eigenvalue weighted by Gasteiger charge is -2.13. The third kappa shape index (κ3) is 5.14. The van der Waals surface area contributed by atoms with E-state index in [0.29, 0.717) is 27.6 Å². The second kappa shape index (κ2) is 10.6. The number of anilines is 2. The molecule has 36 heavy (non-hydrogen) atoms. The zero-order valence-corrected chi connectivity index (χ0v) is 20.1. The van der Waals surface area contributed by atoms with E-state index < -0.39 is 0 Å². The van der Waals surface area contributed by atoms with Gasteiger partial charge in [0.1, 0.15) is 34.4 Å². The van der Waals surface area contributed by atoms with Gasteiger partial charge in [0.15, 0.2) is 0 Å². The molecule has 4 aromatic rings. The van der Waals surface area contributed by atoms with Crippen LogP contribution in [0.15, 0.2) is 70.5 Å². The smallest absolute Gasteiger partial charge is 0.273 e. The summed E-state index contributed by atoms with van der Waals surface area (Å²) in [6, 6.07) is 22.0. The normalized spacial score (nSPS) is 10.4. The van der Waals surface area contributed by atoms with Gasteiger partial charge in [-0.2, -0.15) is 10.5 Å². The molecule has 0 saturated carbocycles. The number of aryl methyl sites for hydroxylation is 1. The van der Waals surface area contributed by atoms with Crippen molar-refractivity contribution in [3.8, 4) is 29.0 Å². The Labute approximate surface area is 211 Å². The number of hydrogen-bond acceptors (Lipinski definition) is 7. The third-order valence-electron chi connectivity index (χ3n) is 5.33. The molecule has 0 saturated heterocycles. The Hall–Kier alpha value is -4.80. The number of rotatable bonds is 7. The van der Waals surface area contributed by atoms with Crippen molar-refractivity contribution in [2.24, 2.45) is 0 Å². The van der Waals surface area contributed by atoms with Crippen LogP contribution in [0.25, 0.3) is 16.8 Å². The van der Waals surface area contributed by atoms with Crippen LogP contribution < -0.4 is 16.6 Å². The summed E-state index contributed by atoms with van der Waals surface area (Å²) in [5.41, 5.74) is 8.94. The minimum atomic E-state index is -0.317. The number of amides is 1. The molecule has 0 atom stereocenters. The first-order chi connectivity index (χ1) is 17.4. The molecule has 178 valence electrons. The quantitative estimate of drug-likeness (QED) is 0.328. The molecule has 0 radical (unpaired) electrons. The average molecular weight is 496 g/mol. The molecule has 0 spiro atoms. The van der Waals surface area contributed by atoms with Crippen LogP contribution in [0.4, 0.5) is 11.6 Å². The van der Waals surface area contributed by atoms with Crippen molar-refractivity contribution in [1.29, 1.82) is 10.5 Å². The van der Waals surface area contributed by atoms with Gasteiger partial charge in [0.05, 0.1) is 11.3 Å². The Morgan fingerprint density at radius 2 is 1.81 bits per heavy atom. The summed E-state index contributed by atoms with van der Waals surface area (Å²) >= 11 is 1.20. The van der Waals surface area contributed by atoms with Crippen molar-refractivity contribution < 1.29 is 4.79 Å². The van der Waals surface area contributed by atoms with Crippen LogP contribution in [0.5, 0.6) is 0 Å². The maximum absolute atomic E-state index is 12.5. The summed E-state index contributed by atoms with van der Waals surface area (Å²) in [5, 5.41) is 25.4. The Balaban J connectivity index is 1.49. The molecule has 0 unspecified atom stereocenters. The van der Waals surface area contributed by atoms with E-state index in [0.717, 1.165) is 5.56 Å². The molecule has 0 aliphatic rings. The number of H-pyrrole nitrogens is 1. The van der Waals surface area contributed by atoms with E-state index in [2.05, 4.69) is 27.5 Å². The molecular weight excluding hydrogens is 474 g/mol. The van der Waals surface area contributed by atoms with Gasteiger partial charge in [0.2, 0.25) is 5.91 Å². The fraction of sp³-hybridized carbons (Fsp3) is 0.115. The number of para-hydroxylation sites is 1. The molecule has 2 heterocycles. The lowest BCUT2D eigenvalue weighted by Crippen LogP contribution is -2.14. The maximum atomic E-state index is 12.5. The minimum absolute atomic E-state index is 0.0267. The number of nitriles is 2. The summed E-state index contributed by atoms with van der Waals surface area (Å²) in [6.45, 7) is 1.94. The molecule has 0 aliphatic carbocycles. The summed E-state index contributed by atoms with van der Waals surface area (Å²) in [7, 11) is 0. The second-order valence-corrected chi connectivity index (χ2v) is 8.93. The van der Waals surface area contributed by atoms with Crippen LogP contribution in [-0.4, -0.2) is 26.4 Å². The molecule has 2 aromatic heterocycles. The average Bonchev–Trinajstić information content (AvgIpc) is 3.24. The Morgan fingerprint density at radius 3 is 2.47 bits per heavy atom. The summed E-state index contributed by atoms with van der Waals surface area (Å²) in [6.07, 6.45) is 0.0928. The standard InChI is InChI=1S/C26H21N7O2S/c1-16-7-9-17(10-8-16)24-19(14-27)25(29)31-26(20(24)15-28)36-12-11-22(34)30-21-13-23(35)33(32-21)18-5-3-2-4-6-18/h2-10,13,32H,11-12H2,1H3,(H2,29,31)(H,30,34). The van der Waals surface area contributed by atoms with Gasteiger partial charge in [-0.15, -0.1) is 11.8 Å². The third-order valence-corrected chi connectivity index (χ3v) is 6.31. The molecule has 2 aromatic carbocycles. The van der Waals surface area contributed by atoms with Crippen LogP contribution in [0, 0.1) is 29.6 Å². The van der Waals surface area contributed by atoms with Crippen LogP contribution in [-0.2, 0) is 4.79 Å². The van der Waals surface area contributed by atoms with E-state index in [9.17, 15) is 20.1 Å². The van der Waals surface area contributed by atoms with Gasteiger partial charge in [0, 0.05) is 23.8 Å². The first-order valence-electron chi connectivity index (χ1n) is 10.9. The number of nitrogens with one attached hydrogen (secondary N) is 2. The minimum Gasteiger partial charge on any atom is -0.383 e. The number of aromatic amines is 1. The molecular formula is C26H21N7O2S. The largest absolute Gasteiger partial charge is 0.383 e. The zero-order valence-electron chi connectivity index (χ0n) is 19.3. The highest BCUT2D eigenvalue weighted by molar-refractivity contribution is 7.99. The van der Waals surface area contributed by atoms with Gasteiger partial charge in [0.25, 0.3) is 5.56 Å². The Bertz CT molecular complexity index is 1560. The highest BCUT2D eigenvalue weighted by Gasteiger charge is 2.20. The van der Waals surface area contributed by atoms with Gasteiger partial charge >= 0.3 is 0 Å². The van der Waals surface area contributed by atoms with Crippen LogP contribution >= 0.6 is 11.8 Å². The zero-order chi connectivity index (χ0) is 25.7. The van der Waals surface area contributed by atoms with E-state index in [4.69, 9.17) is 5.73 Å². The van der Waals surface area contributed by atoms with Gasteiger partial charge in [-0.3, -0.25) is 14.7 Å². The molecule has 0 bridgehead atoms. The van der Waals surface area contributed by atoms with Crippen molar-refractivity contribution in [3.05, 3.63) is 87.7 Å². The molecule has 4 rings (SSSR count). The highest BCUT2D eigenvalue weighted by atomic mass is 32.2. The molecule has 0 aliphatic heterocycles. The Morgan fingerprint density at radius 1 is 1.11 bits per heavy atom. The van der Waals surface area contributed by atoms with Crippen molar-refractivity contribution in [3.63, 3.8) is 0 Å². The number of thioether (sulfide) groups is 1. The second-order valence-electron chi connectivity index (χ2n) is 7.84. The van der Waals surface area contributed by atoms with Gasteiger partial charge in [-0.05, 0) is 24.6 Å². The lowest BCUT2D eigenvalue weighted by atomic mass is 9.96. The first kappa shape index (κ1) is 24.3. The Kier molecular flexibility index (Phi) is 7.19. The number of benzene rings is 2. The molecule has 10 heteroatoms. The number of hydrogen-bond donors (Lipinski definition) is 3. The van der Waals surface area contributed by atoms with Gasteiger partial charge in [-0.1, -0.05) is 48.0 Å². The summed E-state index contributed by atoms with van der Waals surface area (Å²) < 4.78 is 1.33. The number of carbonyl (C=O) groups is 1. The summed E-state index contributed by atoms with van der Waals surface area (Å²) in [4.78, 5) is 29.0. The van der Waals surface area contributed by atoms with Crippen LogP contribution in [0.2, 0.25) is 0 Å². The van der Waals surface area contributed by atoms with Crippen molar-refractivity contribution in [2.75, 3.05) is 16.8 Å². The van der Waals surface area contributed by atoms with Crippen molar-refractivity contribution in [2.45, 2.75) is 18.4 Å². The lowest BCUT2D eigenvalue weighted by molar-refractivity contribution is -0.115.